The normalized spacial score (nSPS) is 29.4. The van der Waals surface area contributed by atoms with E-state index in [9.17, 15) is 0 Å². The molecule has 2 atom stereocenters. The third kappa shape index (κ3) is 3.24. The second-order valence-corrected chi connectivity index (χ2v) is 8.31. The molecule has 0 amide bonds. The Kier molecular flexibility index (Phi) is 4.23. The molecule has 2 bridgehead atoms. The first-order valence-corrected chi connectivity index (χ1v) is 8.81. The molecule has 3 nitrogen and oxygen atoms in total. The lowest BCUT2D eigenvalue weighted by Crippen LogP contribution is -2.52. The van der Waals surface area contributed by atoms with Gasteiger partial charge in [-0.05, 0) is 82.7 Å². The van der Waals surface area contributed by atoms with Crippen LogP contribution in [0.1, 0.15) is 33.1 Å². The highest BCUT2D eigenvalue weighted by Crippen LogP contribution is 2.60. The second kappa shape index (κ2) is 5.84. The van der Waals surface area contributed by atoms with Gasteiger partial charge in [0.1, 0.15) is 5.82 Å². The average molecular weight is 368 g/mol. The van der Waals surface area contributed by atoms with E-state index in [1.165, 1.54) is 19.3 Å². The van der Waals surface area contributed by atoms with Gasteiger partial charge in [-0.1, -0.05) is 13.8 Å². The fourth-order valence-electron chi connectivity index (χ4n) is 3.84. The fourth-order valence-corrected chi connectivity index (χ4v) is 4.26. The van der Waals surface area contributed by atoms with Gasteiger partial charge in [-0.2, -0.15) is 0 Å². The van der Waals surface area contributed by atoms with Crippen LogP contribution >= 0.6 is 28.1 Å². The maximum absolute atomic E-state index is 5.35. The van der Waals surface area contributed by atoms with E-state index in [1.54, 1.807) is 6.20 Å². The summed E-state index contributed by atoms with van der Waals surface area (Å²) in [5, 5.41) is 7.16. The molecule has 0 aliphatic heterocycles. The minimum absolute atomic E-state index is 0.580. The summed E-state index contributed by atoms with van der Waals surface area (Å²) in [6, 6.07) is 3.87. The van der Waals surface area contributed by atoms with Crippen LogP contribution < -0.4 is 10.6 Å². The molecule has 5 heteroatoms. The van der Waals surface area contributed by atoms with Crippen LogP contribution in [0.5, 0.6) is 0 Å². The number of nitrogens with one attached hydrogen (secondary N) is 2. The molecule has 2 unspecified atom stereocenters. The Labute approximate surface area is 140 Å². The summed E-state index contributed by atoms with van der Waals surface area (Å²) < 4.78 is 0.968. The molecule has 2 N–H and O–H groups in total. The Bertz CT molecular complexity index is 515. The molecule has 4 rings (SSSR count). The topological polar surface area (TPSA) is 37.0 Å². The lowest BCUT2D eigenvalue weighted by Gasteiger charge is -2.59. The van der Waals surface area contributed by atoms with Gasteiger partial charge in [0, 0.05) is 17.2 Å². The summed E-state index contributed by atoms with van der Waals surface area (Å²) in [6.07, 6.45) is 5.89. The Balaban J connectivity index is 1.44. The SMILES string of the molecule is CC1(C)C2CC(CNC(=S)Nc3ccc(Br)cn3)CC1C2. The molecule has 3 aliphatic rings. The molecule has 0 spiro atoms. The van der Waals surface area contributed by atoms with Crippen LogP contribution in [0.25, 0.3) is 0 Å². The monoisotopic (exact) mass is 367 g/mol. The molecule has 3 aliphatic carbocycles. The highest BCUT2D eigenvalue weighted by molar-refractivity contribution is 9.10. The fraction of sp³-hybridized carbons (Fsp3) is 0.625. The van der Waals surface area contributed by atoms with Crippen LogP contribution in [-0.2, 0) is 0 Å². The summed E-state index contributed by atoms with van der Waals surface area (Å²) in [5.74, 6) is 3.37. The first-order valence-electron chi connectivity index (χ1n) is 7.61. The van der Waals surface area contributed by atoms with E-state index < -0.39 is 0 Å². The highest BCUT2D eigenvalue weighted by atomic mass is 79.9. The number of hydrogen-bond donors (Lipinski definition) is 2. The van der Waals surface area contributed by atoms with Crippen molar-refractivity contribution in [1.29, 1.82) is 0 Å². The van der Waals surface area contributed by atoms with Gasteiger partial charge >= 0.3 is 0 Å². The molecule has 0 radical (unpaired) electrons. The van der Waals surface area contributed by atoms with Crippen molar-refractivity contribution in [3.8, 4) is 0 Å². The van der Waals surface area contributed by atoms with Crippen molar-refractivity contribution in [3.05, 3.63) is 22.8 Å². The standard InChI is InChI=1S/C16H22BrN3S/c1-16(2)11-5-10(6-12(16)7-11)8-19-15(21)20-14-4-3-13(17)9-18-14/h3-4,9-12H,5-8H2,1-2H3,(H2,18,19,20,21). The number of thiocarbonyl (C=S) groups is 1. The van der Waals surface area contributed by atoms with Crippen LogP contribution in [0, 0.1) is 23.2 Å². The van der Waals surface area contributed by atoms with E-state index in [-0.39, 0.29) is 0 Å². The van der Waals surface area contributed by atoms with Crippen LogP contribution in [0.2, 0.25) is 0 Å². The number of hydrogen-bond acceptors (Lipinski definition) is 2. The summed E-state index contributed by atoms with van der Waals surface area (Å²) >= 11 is 8.72. The van der Waals surface area contributed by atoms with E-state index in [1.807, 2.05) is 12.1 Å². The maximum atomic E-state index is 5.35. The zero-order valence-electron chi connectivity index (χ0n) is 12.5. The predicted molar refractivity (Wildman–Crippen MR) is 94.3 cm³/mol. The molecule has 0 saturated heterocycles. The summed E-state index contributed by atoms with van der Waals surface area (Å²) in [5.41, 5.74) is 0.580. The molecule has 1 aromatic heterocycles. The van der Waals surface area contributed by atoms with E-state index in [4.69, 9.17) is 12.2 Å². The van der Waals surface area contributed by atoms with E-state index in [0.717, 1.165) is 34.6 Å². The van der Waals surface area contributed by atoms with Gasteiger partial charge < -0.3 is 10.6 Å². The van der Waals surface area contributed by atoms with Gasteiger partial charge in [0.25, 0.3) is 0 Å². The zero-order valence-corrected chi connectivity index (χ0v) is 14.9. The molecule has 1 heterocycles. The largest absolute Gasteiger partial charge is 0.362 e. The average Bonchev–Trinajstić information content (AvgIpc) is 2.48. The van der Waals surface area contributed by atoms with Crippen LogP contribution in [0.15, 0.2) is 22.8 Å². The summed E-state index contributed by atoms with van der Waals surface area (Å²) in [6.45, 7) is 5.84. The number of anilines is 1. The number of rotatable bonds is 3. The minimum atomic E-state index is 0.580. The van der Waals surface area contributed by atoms with Gasteiger partial charge in [-0.15, -0.1) is 0 Å². The Morgan fingerprint density at radius 2 is 2.05 bits per heavy atom. The van der Waals surface area contributed by atoms with Crippen molar-refractivity contribution in [2.75, 3.05) is 11.9 Å². The van der Waals surface area contributed by atoms with Gasteiger partial charge in [-0.25, -0.2) is 4.98 Å². The first kappa shape index (κ1) is 15.2. The Morgan fingerprint density at radius 3 is 2.62 bits per heavy atom. The Morgan fingerprint density at radius 1 is 1.33 bits per heavy atom. The number of halogens is 1. The molecule has 21 heavy (non-hydrogen) atoms. The van der Waals surface area contributed by atoms with Crippen LogP contribution in [0.4, 0.5) is 5.82 Å². The van der Waals surface area contributed by atoms with Crippen molar-refractivity contribution in [2.24, 2.45) is 23.2 Å². The predicted octanol–water partition coefficient (Wildman–Crippen LogP) is 4.20. The van der Waals surface area contributed by atoms with Gasteiger partial charge in [0.05, 0.1) is 0 Å². The van der Waals surface area contributed by atoms with Crippen molar-refractivity contribution in [1.82, 2.24) is 10.3 Å². The van der Waals surface area contributed by atoms with Crippen LogP contribution in [-0.4, -0.2) is 16.6 Å². The molecular weight excluding hydrogens is 346 g/mol. The number of fused-ring (bicyclic) bond motifs is 2. The summed E-state index contributed by atoms with van der Waals surface area (Å²) in [7, 11) is 0. The van der Waals surface area contributed by atoms with Gasteiger partial charge in [-0.3, -0.25) is 0 Å². The van der Waals surface area contributed by atoms with Crippen molar-refractivity contribution in [3.63, 3.8) is 0 Å². The third-order valence-corrected chi connectivity index (χ3v) is 6.14. The molecule has 3 fully saturated rings. The van der Waals surface area contributed by atoms with Crippen molar-refractivity contribution < 1.29 is 0 Å². The van der Waals surface area contributed by atoms with Crippen molar-refractivity contribution in [2.45, 2.75) is 33.1 Å². The molecular formula is C16H22BrN3S. The lowest BCUT2D eigenvalue weighted by atomic mass is 9.47. The Hall–Kier alpha value is -0.680. The third-order valence-electron chi connectivity index (χ3n) is 5.43. The number of nitrogens with zero attached hydrogens (tertiary/aromatic N) is 1. The number of pyridine rings is 1. The van der Waals surface area contributed by atoms with E-state index >= 15 is 0 Å². The van der Waals surface area contributed by atoms with Gasteiger partial charge in [0.2, 0.25) is 0 Å². The quantitative estimate of drug-likeness (QED) is 0.784. The van der Waals surface area contributed by atoms with E-state index in [0.29, 0.717) is 10.5 Å². The van der Waals surface area contributed by atoms with Crippen LogP contribution in [0.3, 0.4) is 0 Å². The highest BCUT2D eigenvalue weighted by Gasteiger charge is 2.52. The minimum Gasteiger partial charge on any atom is -0.362 e. The smallest absolute Gasteiger partial charge is 0.171 e. The van der Waals surface area contributed by atoms with Crippen molar-refractivity contribution >= 4 is 39.1 Å². The molecule has 1 aromatic rings. The molecule has 114 valence electrons. The summed E-state index contributed by atoms with van der Waals surface area (Å²) in [4.78, 5) is 4.27. The molecule has 0 aromatic carbocycles. The van der Waals surface area contributed by atoms with E-state index in [2.05, 4.69) is 45.4 Å². The first-order chi connectivity index (χ1) is 9.95. The molecule has 3 saturated carbocycles. The number of aromatic nitrogens is 1. The zero-order chi connectivity index (χ0) is 15.0. The second-order valence-electron chi connectivity index (χ2n) is 6.99. The lowest BCUT2D eigenvalue weighted by molar-refractivity contribution is -0.0884. The maximum Gasteiger partial charge on any atom is 0.171 e. The van der Waals surface area contributed by atoms with Gasteiger partial charge in [0.15, 0.2) is 5.11 Å².